The first-order chi connectivity index (χ1) is 7.19. The van der Waals surface area contributed by atoms with Crippen LogP contribution >= 0.6 is 0 Å². The zero-order valence-corrected chi connectivity index (χ0v) is 9.62. The molecule has 0 saturated heterocycles. The van der Waals surface area contributed by atoms with Gasteiger partial charge in [-0.25, -0.2) is 0 Å². The van der Waals surface area contributed by atoms with Gasteiger partial charge in [0.2, 0.25) is 0 Å². The van der Waals surface area contributed by atoms with Gasteiger partial charge >= 0.3 is 5.97 Å². The highest BCUT2D eigenvalue weighted by Gasteiger charge is 2.19. The summed E-state index contributed by atoms with van der Waals surface area (Å²) in [6.45, 7) is 6.32. The Kier molecular flexibility index (Phi) is 4.35. The van der Waals surface area contributed by atoms with Gasteiger partial charge in [0.15, 0.2) is 0 Å². The maximum Gasteiger partial charge on any atom is 0.313 e. The van der Waals surface area contributed by atoms with Crippen molar-refractivity contribution in [2.24, 2.45) is 0 Å². The van der Waals surface area contributed by atoms with Gasteiger partial charge in [-0.3, -0.25) is 4.79 Å². The molecule has 0 spiro atoms. The van der Waals surface area contributed by atoms with E-state index in [9.17, 15) is 4.79 Å². The monoisotopic (exact) mass is 206 g/mol. The summed E-state index contributed by atoms with van der Waals surface area (Å²) < 4.78 is 5.04. The molecule has 0 aliphatic heterocycles. The quantitative estimate of drug-likeness (QED) is 0.708. The molecule has 0 aliphatic rings. The van der Waals surface area contributed by atoms with Crippen LogP contribution in [-0.4, -0.2) is 12.6 Å². The van der Waals surface area contributed by atoms with Crippen molar-refractivity contribution in [2.75, 3.05) is 6.61 Å². The van der Waals surface area contributed by atoms with Crippen LogP contribution < -0.4 is 0 Å². The molecule has 0 saturated carbocycles. The van der Waals surface area contributed by atoms with E-state index in [1.54, 1.807) is 0 Å². The van der Waals surface area contributed by atoms with E-state index >= 15 is 0 Å². The number of esters is 1. The molecule has 1 aromatic carbocycles. The predicted octanol–water partition coefficient (Wildman–Crippen LogP) is 3.05. The average molecular weight is 206 g/mol. The lowest BCUT2D eigenvalue weighted by atomic mass is 9.96. The Morgan fingerprint density at radius 3 is 2.33 bits per heavy atom. The first kappa shape index (κ1) is 11.8. The lowest BCUT2D eigenvalue weighted by Crippen LogP contribution is -2.15. The fourth-order valence-electron chi connectivity index (χ4n) is 1.58. The van der Waals surface area contributed by atoms with Crippen molar-refractivity contribution >= 4 is 5.97 Å². The first-order valence-electron chi connectivity index (χ1n) is 5.42. The lowest BCUT2D eigenvalue weighted by Gasteiger charge is -2.13. The molecule has 2 heteroatoms. The molecule has 0 aliphatic carbocycles. The summed E-state index contributed by atoms with van der Waals surface area (Å²) in [5, 5.41) is 0. The summed E-state index contributed by atoms with van der Waals surface area (Å²) >= 11 is 0. The number of rotatable bonds is 4. The molecule has 0 N–H and O–H groups in total. The van der Waals surface area contributed by atoms with Gasteiger partial charge in [0.25, 0.3) is 0 Å². The first-order valence-corrected chi connectivity index (χ1v) is 5.42. The molecule has 15 heavy (non-hydrogen) atoms. The standard InChI is InChI=1S/C13H18O2/c1-4-12(13(14)15-5-2)11-8-6-10(3)7-9-11/h6-9,12H,4-5H2,1-3H3/t12-/m0/s1. The van der Waals surface area contributed by atoms with Crippen LogP contribution in [0.2, 0.25) is 0 Å². The minimum Gasteiger partial charge on any atom is -0.466 e. The van der Waals surface area contributed by atoms with E-state index in [-0.39, 0.29) is 11.9 Å². The average Bonchev–Trinajstić information content (AvgIpc) is 2.22. The largest absolute Gasteiger partial charge is 0.466 e. The van der Waals surface area contributed by atoms with Crippen LogP contribution in [0.15, 0.2) is 24.3 Å². The summed E-state index contributed by atoms with van der Waals surface area (Å²) in [6, 6.07) is 8.05. The van der Waals surface area contributed by atoms with Gasteiger partial charge in [0.1, 0.15) is 0 Å². The molecule has 0 amide bonds. The third-order valence-electron chi connectivity index (χ3n) is 2.46. The van der Waals surface area contributed by atoms with Crippen molar-refractivity contribution in [2.45, 2.75) is 33.1 Å². The second-order valence-electron chi connectivity index (χ2n) is 3.62. The maximum absolute atomic E-state index is 11.6. The van der Waals surface area contributed by atoms with Crippen LogP contribution in [0.1, 0.15) is 37.3 Å². The minimum absolute atomic E-state index is 0.120. The van der Waals surface area contributed by atoms with Crippen molar-refractivity contribution in [3.63, 3.8) is 0 Å². The normalized spacial score (nSPS) is 12.2. The maximum atomic E-state index is 11.6. The Morgan fingerprint density at radius 1 is 1.27 bits per heavy atom. The summed E-state index contributed by atoms with van der Waals surface area (Å²) in [5.74, 6) is -0.241. The van der Waals surface area contributed by atoms with Gasteiger partial charge in [-0.15, -0.1) is 0 Å². The fraction of sp³-hybridized carbons (Fsp3) is 0.462. The molecule has 82 valence electrons. The van der Waals surface area contributed by atoms with Crippen molar-refractivity contribution in [3.8, 4) is 0 Å². The number of carbonyl (C=O) groups excluding carboxylic acids is 1. The van der Waals surface area contributed by atoms with Gasteiger partial charge in [0, 0.05) is 0 Å². The highest BCUT2D eigenvalue weighted by molar-refractivity contribution is 5.78. The number of carbonyl (C=O) groups is 1. The van der Waals surface area contributed by atoms with Crippen LogP contribution in [-0.2, 0) is 9.53 Å². The molecule has 2 nitrogen and oxygen atoms in total. The minimum atomic E-state index is -0.121. The van der Waals surface area contributed by atoms with E-state index in [0.29, 0.717) is 6.61 Å². The molecule has 1 aromatic rings. The van der Waals surface area contributed by atoms with E-state index in [2.05, 4.69) is 0 Å². The Balaban J connectivity index is 2.82. The van der Waals surface area contributed by atoms with Gasteiger partial charge in [-0.1, -0.05) is 36.8 Å². The number of ether oxygens (including phenoxy) is 1. The number of hydrogen-bond acceptors (Lipinski definition) is 2. The highest BCUT2D eigenvalue weighted by atomic mass is 16.5. The van der Waals surface area contributed by atoms with Crippen LogP contribution in [0.25, 0.3) is 0 Å². The number of aryl methyl sites for hydroxylation is 1. The molecule has 0 bridgehead atoms. The van der Waals surface area contributed by atoms with Crippen LogP contribution in [0, 0.1) is 6.92 Å². The van der Waals surface area contributed by atoms with Crippen molar-refractivity contribution in [1.29, 1.82) is 0 Å². The molecule has 0 unspecified atom stereocenters. The summed E-state index contributed by atoms with van der Waals surface area (Å²) in [7, 11) is 0. The molecular formula is C13H18O2. The third kappa shape index (κ3) is 3.08. The molecule has 0 heterocycles. The molecule has 1 rings (SSSR count). The molecule has 0 radical (unpaired) electrons. The van der Waals surface area contributed by atoms with Gasteiger partial charge in [0.05, 0.1) is 12.5 Å². The third-order valence-corrected chi connectivity index (χ3v) is 2.46. The van der Waals surface area contributed by atoms with Crippen LogP contribution in [0.5, 0.6) is 0 Å². The summed E-state index contributed by atoms with van der Waals surface area (Å²) in [4.78, 5) is 11.6. The predicted molar refractivity (Wildman–Crippen MR) is 60.8 cm³/mol. The zero-order valence-electron chi connectivity index (χ0n) is 9.62. The van der Waals surface area contributed by atoms with Gasteiger partial charge in [-0.05, 0) is 25.8 Å². The van der Waals surface area contributed by atoms with Crippen LogP contribution in [0.3, 0.4) is 0 Å². The van der Waals surface area contributed by atoms with Gasteiger partial charge in [-0.2, -0.15) is 0 Å². The van der Waals surface area contributed by atoms with Gasteiger partial charge < -0.3 is 4.74 Å². The SMILES string of the molecule is CCOC(=O)[C@@H](CC)c1ccc(C)cc1. The second kappa shape index (κ2) is 5.54. The molecular weight excluding hydrogens is 188 g/mol. The van der Waals surface area contributed by atoms with Crippen LogP contribution in [0.4, 0.5) is 0 Å². The number of hydrogen-bond donors (Lipinski definition) is 0. The Morgan fingerprint density at radius 2 is 1.87 bits per heavy atom. The van der Waals surface area contributed by atoms with E-state index in [1.807, 2.05) is 45.0 Å². The van der Waals surface area contributed by atoms with Crippen molar-refractivity contribution < 1.29 is 9.53 Å². The Hall–Kier alpha value is -1.31. The Labute approximate surface area is 91.3 Å². The van der Waals surface area contributed by atoms with Crippen molar-refractivity contribution in [1.82, 2.24) is 0 Å². The van der Waals surface area contributed by atoms with E-state index < -0.39 is 0 Å². The highest BCUT2D eigenvalue weighted by Crippen LogP contribution is 2.21. The summed E-state index contributed by atoms with van der Waals surface area (Å²) in [6.07, 6.45) is 0.780. The lowest BCUT2D eigenvalue weighted by molar-refractivity contribution is -0.145. The topological polar surface area (TPSA) is 26.3 Å². The zero-order chi connectivity index (χ0) is 11.3. The summed E-state index contributed by atoms with van der Waals surface area (Å²) in [5.41, 5.74) is 2.25. The van der Waals surface area contributed by atoms with E-state index in [1.165, 1.54) is 5.56 Å². The van der Waals surface area contributed by atoms with E-state index in [0.717, 1.165) is 12.0 Å². The molecule has 1 atom stereocenters. The fourth-order valence-corrected chi connectivity index (χ4v) is 1.58. The molecule has 0 fully saturated rings. The Bertz CT molecular complexity index is 314. The van der Waals surface area contributed by atoms with Crippen molar-refractivity contribution in [3.05, 3.63) is 35.4 Å². The second-order valence-corrected chi connectivity index (χ2v) is 3.62. The number of benzene rings is 1. The molecule has 0 aromatic heterocycles. The smallest absolute Gasteiger partial charge is 0.313 e. The van der Waals surface area contributed by atoms with E-state index in [4.69, 9.17) is 4.74 Å².